The van der Waals surface area contributed by atoms with Gasteiger partial charge in [-0.1, -0.05) is 42.5 Å². The van der Waals surface area contributed by atoms with E-state index < -0.39 is 0 Å². The molecule has 130 valence electrons. The number of aromatic amines is 1. The van der Waals surface area contributed by atoms with E-state index in [2.05, 4.69) is 51.6 Å². The number of H-pyrrole nitrogens is 1. The van der Waals surface area contributed by atoms with Crippen molar-refractivity contribution in [1.82, 2.24) is 15.2 Å². The molecule has 4 nitrogen and oxygen atoms in total. The number of nitrogens with one attached hydrogen (secondary N) is 1. The molecule has 0 saturated carbocycles. The molecule has 0 aliphatic rings. The highest BCUT2D eigenvalue weighted by molar-refractivity contribution is 5.86. The lowest BCUT2D eigenvalue weighted by molar-refractivity contribution is 0.119. The fourth-order valence-electron chi connectivity index (χ4n) is 3.13. The van der Waals surface area contributed by atoms with E-state index in [1.54, 1.807) is 0 Å². The van der Waals surface area contributed by atoms with Crippen LogP contribution in [-0.4, -0.2) is 21.8 Å². The summed E-state index contributed by atoms with van der Waals surface area (Å²) in [5.74, 6) is 0. The zero-order chi connectivity index (χ0) is 17.6. The van der Waals surface area contributed by atoms with E-state index in [4.69, 9.17) is 4.74 Å². The van der Waals surface area contributed by atoms with Crippen LogP contribution in [0.1, 0.15) is 17.5 Å². The molecule has 4 rings (SSSR count). The summed E-state index contributed by atoms with van der Waals surface area (Å²) in [6.45, 7) is 1.43. The van der Waals surface area contributed by atoms with Gasteiger partial charge in [0, 0.05) is 30.0 Å². The monoisotopic (exact) mass is 343 g/mol. The van der Waals surface area contributed by atoms with Crippen LogP contribution in [0.25, 0.3) is 22.2 Å². The Balaban J connectivity index is 1.39. The number of rotatable bonds is 7. The Morgan fingerprint density at radius 3 is 2.73 bits per heavy atom. The summed E-state index contributed by atoms with van der Waals surface area (Å²) >= 11 is 0. The minimum absolute atomic E-state index is 0.672. The van der Waals surface area contributed by atoms with E-state index in [-0.39, 0.29) is 0 Å². The Morgan fingerprint density at radius 1 is 0.962 bits per heavy atom. The van der Waals surface area contributed by atoms with E-state index in [9.17, 15) is 0 Å². The van der Waals surface area contributed by atoms with Gasteiger partial charge in [-0.3, -0.25) is 10.1 Å². The highest BCUT2D eigenvalue weighted by Gasteiger charge is 2.06. The van der Waals surface area contributed by atoms with E-state index in [1.165, 1.54) is 16.5 Å². The molecule has 0 atom stereocenters. The molecule has 2 heterocycles. The van der Waals surface area contributed by atoms with Crippen molar-refractivity contribution in [2.75, 3.05) is 6.61 Å². The SMILES string of the molecule is c1ccc(COCCCc2ccnc3cc(-c4cc[nH]n4)ccc23)cc1. The molecule has 4 heteroatoms. The van der Waals surface area contributed by atoms with E-state index in [1.807, 2.05) is 36.7 Å². The smallest absolute Gasteiger partial charge is 0.0921 e. The maximum atomic E-state index is 5.79. The number of hydrogen-bond donors (Lipinski definition) is 1. The summed E-state index contributed by atoms with van der Waals surface area (Å²) in [5, 5.41) is 8.30. The highest BCUT2D eigenvalue weighted by Crippen LogP contribution is 2.24. The van der Waals surface area contributed by atoms with Crippen LogP contribution in [0.2, 0.25) is 0 Å². The molecule has 0 radical (unpaired) electrons. The number of aromatic nitrogens is 3. The summed E-state index contributed by atoms with van der Waals surface area (Å²) in [6.07, 6.45) is 5.69. The van der Waals surface area contributed by atoms with Gasteiger partial charge in [0.1, 0.15) is 0 Å². The third-order valence-corrected chi connectivity index (χ3v) is 4.48. The number of fused-ring (bicyclic) bond motifs is 1. The largest absolute Gasteiger partial charge is 0.377 e. The van der Waals surface area contributed by atoms with Crippen molar-refractivity contribution in [1.29, 1.82) is 0 Å². The Labute approximate surface area is 152 Å². The van der Waals surface area contributed by atoms with Crippen LogP contribution >= 0.6 is 0 Å². The topological polar surface area (TPSA) is 50.8 Å². The van der Waals surface area contributed by atoms with Crippen molar-refractivity contribution in [2.45, 2.75) is 19.4 Å². The van der Waals surface area contributed by atoms with Crippen molar-refractivity contribution in [3.8, 4) is 11.3 Å². The van der Waals surface area contributed by atoms with Crippen LogP contribution < -0.4 is 0 Å². The maximum absolute atomic E-state index is 5.79. The zero-order valence-electron chi connectivity index (χ0n) is 14.6. The van der Waals surface area contributed by atoms with Gasteiger partial charge in [-0.2, -0.15) is 5.10 Å². The van der Waals surface area contributed by atoms with Crippen molar-refractivity contribution >= 4 is 10.9 Å². The molecule has 0 saturated heterocycles. The molecule has 4 aromatic rings. The first-order valence-electron chi connectivity index (χ1n) is 8.89. The second kappa shape index (κ2) is 7.93. The molecule has 0 unspecified atom stereocenters. The normalized spacial score (nSPS) is 11.1. The van der Waals surface area contributed by atoms with E-state index in [0.717, 1.165) is 36.2 Å². The van der Waals surface area contributed by atoms with Gasteiger partial charge in [-0.25, -0.2) is 0 Å². The lowest BCUT2D eigenvalue weighted by Crippen LogP contribution is -1.98. The maximum Gasteiger partial charge on any atom is 0.0921 e. The van der Waals surface area contributed by atoms with Crippen LogP contribution in [0.5, 0.6) is 0 Å². The first-order valence-corrected chi connectivity index (χ1v) is 8.89. The lowest BCUT2D eigenvalue weighted by atomic mass is 10.0. The second-order valence-corrected chi connectivity index (χ2v) is 6.30. The quantitative estimate of drug-likeness (QED) is 0.492. The van der Waals surface area contributed by atoms with Gasteiger partial charge in [0.15, 0.2) is 0 Å². The summed E-state index contributed by atoms with van der Waals surface area (Å²) in [4.78, 5) is 4.53. The third-order valence-electron chi connectivity index (χ3n) is 4.48. The van der Waals surface area contributed by atoms with Gasteiger partial charge < -0.3 is 4.74 Å². The van der Waals surface area contributed by atoms with Crippen LogP contribution in [0.4, 0.5) is 0 Å². The van der Waals surface area contributed by atoms with Gasteiger partial charge in [-0.05, 0) is 42.2 Å². The Kier molecular flexibility index (Phi) is 5.03. The molecule has 0 aliphatic heterocycles. The first-order chi connectivity index (χ1) is 12.9. The molecule has 0 aliphatic carbocycles. The van der Waals surface area contributed by atoms with Gasteiger partial charge in [0.25, 0.3) is 0 Å². The lowest BCUT2D eigenvalue weighted by Gasteiger charge is -2.08. The molecule has 2 aromatic carbocycles. The fraction of sp³-hybridized carbons (Fsp3) is 0.182. The average Bonchev–Trinajstić information content (AvgIpc) is 3.23. The molecule has 2 aromatic heterocycles. The van der Waals surface area contributed by atoms with Crippen molar-refractivity contribution in [3.63, 3.8) is 0 Å². The molecule has 0 spiro atoms. The van der Waals surface area contributed by atoms with Gasteiger partial charge in [0.05, 0.1) is 17.8 Å². The number of aryl methyl sites for hydroxylation is 1. The van der Waals surface area contributed by atoms with Gasteiger partial charge in [0.2, 0.25) is 0 Å². The summed E-state index contributed by atoms with van der Waals surface area (Å²) in [5.41, 5.74) is 5.55. The van der Waals surface area contributed by atoms with Gasteiger partial charge in [-0.15, -0.1) is 0 Å². The molecule has 0 bridgehead atoms. The summed E-state index contributed by atoms with van der Waals surface area (Å²) in [7, 11) is 0. The number of nitrogens with zero attached hydrogens (tertiary/aromatic N) is 2. The van der Waals surface area contributed by atoms with Crippen LogP contribution in [0.15, 0.2) is 73.1 Å². The van der Waals surface area contributed by atoms with Crippen LogP contribution in [-0.2, 0) is 17.8 Å². The number of benzene rings is 2. The van der Waals surface area contributed by atoms with Crippen molar-refractivity contribution in [2.24, 2.45) is 0 Å². The van der Waals surface area contributed by atoms with Crippen LogP contribution in [0.3, 0.4) is 0 Å². The fourth-order valence-corrected chi connectivity index (χ4v) is 3.13. The highest BCUT2D eigenvalue weighted by atomic mass is 16.5. The minimum Gasteiger partial charge on any atom is -0.377 e. The molecule has 26 heavy (non-hydrogen) atoms. The Hall–Kier alpha value is -2.98. The standard InChI is InChI=1S/C22H21N3O/c1-2-5-17(6-3-1)16-26-14-4-7-18-10-12-23-22-15-19(8-9-20(18)22)21-11-13-24-25-21/h1-3,5-6,8-13,15H,4,7,14,16H2,(H,24,25). The number of pyridine rings is 1. The number of hydrogen-bond acceptors (Lipinski definition) is 3. The van der Waals surface area contributed by atoms with Crippen LogP contribution in [0, 0.1) is 0 Å². The minimum atomic E-state index is 0.672. The summed E-state index contributed by atoms with van der Waals surface area (Å²) in [6, 6.07) is 20.7. The summed E-state index contributed by atoms with van der Waals surface area (Å²) < 4.78 is 5.79. The molecule has 0 fully saturated rings. The molecule has 0 amide bonds. The molecular formula is C22H21N3O. The predicted molar refractivity (Wildman–Crippen MR) is 104 cm³/mol. The van der Waals surface area contributed by atoms with Crippen molar-refractivity contribution < 1.29 is 4.74 Å². The predicted octanol–water partition coefficient (Wildman–Crippen LogP) is 4.77. The molecular weight excluding hydrogens is 322 g/mol. The zero-order valence-corrected chi connectivity index (χ0v) is 14.6. The Bertz CT molecular complexity index is 965. The first kappa shape index (κ1) is 16.5. The van der Waals surface area contributed by atoms with E-state index >= 15 is 0 Å². The second-order valence-electron chi connectivity index (χ2n) is 6.30. The average molecular weight is 343 g/mol. The van der Waals surface area contributed by atoms with Crippen molar-refractivity contribution in [3.05, 3.63) is 84.2 Å². The number of ether oxygens (including phenoxy) is 1. The Morgan fingerprint density at radius 2 is 1.88 bits per heavy atom. The van der Waals surface area contributed by atoms with E-state index in [0.29, 0.717) is 6.61 Å². The van der Waals surface area contributed by atoms with Gasteiger partial charge >= 0.3 is 0 Å². The molecule has 1 N–H and O–H groups in total. The third kappa shape index (κ3) is 3.81.